The van der Waals surface area contributed by atoms with Gasteiger partial charge in [0.1, 0.15) is 11.6 Å². The first-order valence-corrected chi connectivity index (χ1v) is 12.2. The lowest BCUT2D eigenvalue weighted by molar-refractivity contribution is -0.137. The zero-order chi connectivity index (χ0) is 25.8. The number of piperazine rings is 1. The number of ether oxygens (including phenoxy) is 2. The summed E-state index contributed by atoms with van der Waals surface area (Å²) in [6.07, 6.45) is -2.22. The van der Waals surface area contributed by atoms with Crippen molar-refractivity contribution in [3.8, 4) is 17.1 Å². The number of anilines is 3. The van der Waals surface area contributed by atoms with Crippen LogP contribution in [0.1, 0.15) is 12.0 Å². The molecule has 5 rings (SSSR count). The summed E-state index contributed by atoms with van der Waals surface area (Å²) in [5.41, 5.74) is 0.0619. The van der Waals surface area contributed by atoms with Crippen LogP contribution >= 0.6 is 0 Å². The Labute approximate surface area is 212 Å². The van der Waals surface area contributed by atoms with Crippen molar-refractivity contribution in [2.45, 2.75) is 12.6 Å². The summed E-state index contributed by atoms with van der Waals surface area (Å²) in [7, 11) is 1.60. The second kappa shape index (κ2) is 10.8. The van der Waals surface area contributed by atoms with Crippen molar-refractivity contribution in [3.63, 3.8) is 0 Å². The van der Waals surface area contributed by atoms with Gasteiger partial charge < -0.3 is 24.2 Å². The first kappa shape index (κ1) is 25.0. The minimum atomic E-state index is -4.47. The largest absolute Gasteiger partial charge is 0.497 e. The molecule has 3 aromatic rings. The molecule has 0 spiro atoms. The third-order valence-electron chi connectivity index (χ3n) is 6.40. The van der Waals surface area contributed by atoms with Crippen LogP contribution in [-0.2, 0) is 10.9 Å². The van der Waals surface area contributed by atoms with Crippen LogP contribution in [0.15, 0.2) is 42.6 Å². The number of aromatic nitrogens is 4. The highest BCUT2D eigenvalue weighted by Crippen LogP contribution is 2.35. The Kier molecular flexibility index (Phi) is 7.26. The van der Waals surface area contributed by atoms with Crippen molar-refractivity contribution >= 4 is 17.7 Å². The third kappa shape index (κ3) is 5.68. The van der Waals surface area contributed by atoms with Gasteiger partial charge >= 0.3 is 6.18 Å². The van der Waals surface area contributed by atoms with E-state index in [1.165, 1.54) is 12.3 Å². The molecule has 2 aromatic heterocycles. The summed E-state index contributed by atoms with van der Waals surface area (Å²) in [6, 6.07) is 9.88. The number of methoxy groups -OCH3 is 1. The fourth-order valence-electron chi connectivity index (χ4n) is 4.46. The number of alkyl halides is 3. The molecule has 37 heavy (non-hydrogen) atoms. The molecule has 0 amide bonds. The first-order valence-electron chi connectivity index (χ1n) is 12.2. The average molecular weight is 516 g/mol. The van der Waals surface area contributed by atoms with Gasteiger partial charge in [-0.05, 0) is 30.7 Å². The summed E-state index contributed by atoms with van der Waals surface area (Å²) in [4.78, 5) is 24.1. The van der Waals surface area contributed by atoms with Gasteiger partial charge in [-0.2, -0.15) is 28.1 Å². The standard InChI is InChI=1S/C25H28F3N7O2/c1-36-19-6-2-5-18(17-19)21-30-23(34-9-4-15-37-16-14-34)32-24(31-21)35-12-10-33(11-13-35)22-20(25(26,27)28)7-3-8-29-22/h2-3,5-8,17H,4,9-16H2,1H3. The molecule has 0 N–H and O–H groups in total. The summed E-state index contributed by atoms with van der Waals surface area (Å²) in [5, 5.41) is 0. The minimum absolute atomic E-state index is 0.0485. The molecular weight excluding hydrogens is 487 g/mol. The van der Waals surface area contributed by atoms with Crippen molar-refractivity contribution < 1.29 is 22.6 Å². The van der Waals surface area contributed by atoms with E-state index in [2.05, 4.69) is 9.88 Å². The Balaban J connectivity index is 1.43. The van der Waals surface area contributed by atoms with Crippen LogP contribution in [0.3, 0.4) is 0 Å². The summed E-state index contributed by atoms with van der Waals surface area (Å²) >= 11 is 0. The minimum Gasteiger partial charge on any atom is -0.497 e. The van der Waals surface area contributed by atoms with Gasteiger partial charge in [-0.25, -0.2) is 4.98 Å². The Morgan fingerprint density at radius 3 is 2.30 bits per heavy atom. The van der Waals surface area contributed by atoms with E-state index in [1.807, 2.05) is 29.2 Å². The lowest BCUT2D eigenvalue weighted by Gasteiger charge is -2.36. The van der Waals surface area contributed by atoms with E-state index in [-0.39, 0.29) is 5.82 Å². The molecule has 196 valence electrons. The molecule has 2 fully saturated rings. The molecule has 12 heteroatoms. The normalized spacial score (nSPS) is 17.0. The molecule has 0 unspecified atom stereocenters. The molecule has 2 saturated heterocycles. The highest BCUT2D eigenvalue weighted by Gasteiger charge is 2.36. The molecule has 2 aliphatic rings. The quantitative estimate of drug-likeness (QED) is 0.507. The zero-order valence-corrected chi connectivity index (χ0v) is 20.5. The highest BCUT2D eigenvalue weighted by atomic mass is 19.4. The SMILES string of the molecule is COc1cccc(-c2nc(N3CCCOCC3)nc(N3CCN(c4ncccc4C(F)(F)F)CC3)n2)c1. The van der Waals surface area contributed by atoms with Gasteiger partial charge in [0.25, 0.3) is 0 Å². The molecule has 0 saturated carbocycles. The van der Waals surface area contributed by atoms with Gasteiger partial charge in [-0.1, -0.05) is 12.1 Å². The maximum Gasteiger partial charge on any atom is 0.419 e. The highest BCUT2D eigenvalue weighted by molar-refractivity contribution is 5.61. The Morgan fingerprint density at radius 2 is 1.57 bits per heavy atom. The van der Waals surface area contributed by atoms with Gasteiger partial charge in [-0.15, -0.1) is 0 Å². The molecule has 1 aromatic carbocycles. The molecule has 9 nitrogen and oxygen atoms in total. The van der Waals surface area contributed by atoms with Crippen molar-refractivity contribution in [1.82, 2.24) is 19.9 Å². The Hall–Kier alpha value is -3.67. The van der Waals surface area contributed by atoms with E-state index >= 15 is 0 Å². The van der Waals surface area contributed by atoms with E-state index in [0.29, 0.717) is 69.4 Å². The monoisotopic (exact) mass is 515 g/mol. The molecular formula is C25H28F3N7O2. The molecule has 0 bridgehead atoms. The summed E-state index contributed by atoms with van der Waals surface area (Å²) in [6.45, 7) is 4.28. The van der Waals surface area contributed by atoms with Crippen molar-refractivity contribution in [1.29, 1.82) is 0 Å². The number of benzene rings is 1. The number of rotatable bonds is 5. The lowest BCUT2D eigenvalue weighted by atomic mass is 10.2. The topological polar surface area (TPSA) is 79.7 Å². The summed E-state index contributed by atoms with van der Waals surface area (Å²) in [5.74, 6) is 2.20. The first-order chi connectivity index (χ1) is 17.9. The van der Waals surface area contributed by atoms with Crippen molar-refractivity contribution in [3.05, 3.63) is 48.2 Å². The van der Waals surface area contributed by atoms with Gasteiger partial charge in [0.05, 0.1) is 19.3 Å². The zero-order valence-electron chi connectivity index (χ0n) is 20.5. The van der Waals surface area contributed by atoms with Gasteiger partial charge in [0.15, 0.2) is 5.82 Å². The third-order valence-corrected chi connectivity index (χ3v) is 6.40. The average Bonchev–Trinajstić information content (AvgIpc) is 3.22. The van der Waals surface area contributed by atoms with Crippen LogP contribution in [0, 0.1) is 0 Å². The van der Waals surface area contributed by atoms with Crippen LogP contribution in [0.4, 0.5) is 30.9 Å². The van der Waals surface area contributed by atoms with Crippen LogP contribution in [0.2, 0.25) is 0 Å². The fourth-order valence-corrected chi connectivity index (χ4v) is 4.46. The number of pyridine rings is 1. The molecule has 0 atom stereocenters. The van der Waals surface area contributed by atoms with Crippen LogP contribution in [-0.4, -0.2) is 79.5 Å². The smallest absolute Gasteiger partial charge is 0.419 e. The maximum absolute atomic E-state index is 13.5. The van der Waals surface area contributed by atoms with Gasteiger partial charge in [0, 0.05) is 57.6 Å². The fraction of sp³-hybridized carbons (Fsp3) is 0.440. The van der Waals surface area contributed by atoms with Gasteiger partial charge in [-0.3, -0.25) is 0 Å². The predicted octanol–water partition coefficient (Wildman–Crippen LogP) is 3.51. The lowest BCUT2D eigenvalue weighted by Crippen LogP contribution is -2.48. The number of halogens is 3. The maximum atomic E-state index is 13.5. The second-order valence-corrected chi connectivity index (χ2v) is 8.79. The molecule has 2 aliphatic heterocycles. The van der Waals surface area contributed by atoms with E-state index in [0.717, 1.165) is 24.6 Å². The van der Waals surface area contributed by atoms with Crippen LogP contribution in [0.25, 0.3) is 11.4 Å². The summed E-state index contributed by atoms with van der Waals surface area (Å²) < 4.78 is 51.6. The van der Waals surface area contributed by atoms with E-state index < -0.39 is 11.7 Å². The second-order valence-electron chi connectivity index (χ2n) is 8.79. The van der Waals surface area contributed by atoms with E-state index in [9.17, 15) is 13.2 Å². The van der Waals surface area contributed by atoms with Crippen molar-refractivity contribution in [2.75, 3.05) is 74.3 Å². The van der Waals surface area contributed by atoms with Gasteiger partial charge in [0.2, 0.25) is 11.9 Å². The van der Waals surface area contributed by atoms with Crippen molar-refractivity contribution in [2.24, 2.45) is 0 Å². The van der Waals surface area contributed by atoms with E-state index in [4.69, 9.17) is 24.4 Å². The predicted molar refractivity (Wildman–Crippen MR) is 133 cm³/mol. The molecule has 0 aliphatic carbocycles. The number of nitrogens with zero attached hydrogens (tertiary/aromatic N) is 7. The Morgan fingerprint density at radius 1 is 0.838 bits per heavy atom. The molecule has 0 radical (unpaired) electrons. The Bertz CT molecular complexity index is 1210. The number of hydrogen-bond donors (Lipinski definition) is 0. The van der Waals surface area contributed by atoms with Crippen LogP contribution in [0.5, 0.6) is 5.75 Å². The molecule has 4 heterocycles. The van der Waals surface area contributed by atoms with Crippen LogP contribution < -0.4 is 19.4 Å². The van der Waals surface area contributed by atoms with E-state index in [1.54, 1.807) is 12.0 Å². The number of hydrogen-bond acceptors (Lipinski definition) is 9.